The minimum Gasteiger partial charge on any atom is -0.288 e. The van der Waals surface area contributed by atoms with Crippen LogP contribution in [-0.2, 0) is 0 Å². The number of rotatable bonds is 0. The van der Waals surface area contributed by atoms with Crippen LogP contribution in [0.4, 0.5) is 0 Å². The van der Waals surface area contributed by atoms with Crippen LogP contribution in [0.1, 0.15) is 39.0 Å². The molecule has 1 aliphatic heterocycles. The second-order valence-electron chi connectivity index (χ2n) is 3.42. The van der Waals surface area contributed by atoms with E-state index in [1.165, 1.54) is 37.8 Å². The summed E-state index contributed by atoms with van der Waals surface area (Å²) in [5, 5.41) is 0. The Morgan fingerprint density at radius 1 is 1.33 bits per heavy atom. The monoisotopic (exact) mass is 123 g/mol. The molecule has 0 radical (unpaired) electrons. The molecule has 1 heterocycles. The fraction of sp³-hybridized carbons (Fsp3) is 0.875. The third kappa shape index (κ3) is 0.707. The molecule has 0 aromatic heterocycles. The minimum atomic E-state index is 0.476. The van der Waals surface area contributed by atoms with Crippen LogP contribution in [0.2, 0.25) is 0 Å². The van der Waals surface area contributed by atoms with E-state index < -0.39 is 0 Å². The first-order valence-corrected chi connectivity index (χ1v) is 3.86. The van der Waals surface area contributed by atoms with Gasteiger partial charge >= 0.3 is 0 Å². The Morgan fingerprint density at radius 3 is 2.33 bits per heavy atom. The van der Waals surface area contributed by atoms with Crippen LogP contribution in [0.15, 0.2) is 4.99 Å². The molecule has 0 aromatic carbocycles. The van der Waals surface area contributed by atoms with Crippen molar-refractivity contribution in [3.8, 4) is 0 Å². The zero-order valence-electron chi connectivity index (χ0n) is 5.98. The summed E-state index contributed by atoms with van der Waals surface area (Å²) in [7, 11) is 0. The summed E-state index contributed by atoms with van der Waals surface area (Å²) >= 11 is 0. The summed E-state index contributed by atoms with van der Waals surface area (Å²) in [4.78, 5) is 4.64. The molecule has 1 saturated carbocycles. The number of hydrogen-bond donors (Lipinski definition) is 0. The zero-order valence-corrected chi connectivity index (χ0v) is 5.98. The molecule has 0 unspecified atom stereocenters. The van der Waals surface area contributed by atoms with Gasteiger partial charge in [-0.25, -0.2) is 0 Å². The van der Waals surface area contributed by atoms with E-state index in [0.29, 0.717) is 5.54 Å². The smallest absolute Gasteiger partial charge is 0.0611 e. The average molecular weight is 123 g/mol. The van der Waals surface area contributed by atoms with Crippen molar-refractivity contribution in [1.29, 1.82) is 0 Å². The van der Waals surface area contributed by atoms with Crippen molar-refractivity contribution in [1.82, 2.24) is 0 Å². The molecule has 0 aromatic rings. The fourth-order valence-electron chi connectivity index (χ4n) is 1.88. The lowest BCUT2D eigenvalue weighted by Gasteiger charge is -2.34. The van der Waals surface area contributed by atoms with Crippen LogP contribution in [0.5, 0.6) is 0 Å². The van der Waals surface area contributed by atoms with E-state index in [2.05, 4.69) is 11.9 Å². The van der Waals surface area contributed by atoms with Gasteiger partial charge in [0.2, 0.25) is 0 Å². The Bertz CT molecular complexity index is 154. The number of nitrogens with zero attached hydrogens (tertiary/aromatic N) is 1. The van der Waals surface area contributed by atoms with E-state index in [4.69, 9.17) is 0 Å². The Balaban J connectivity index is 2.15. The van der Waals surface area contributed by atoms with Gasteiger partial charge in [0.25, 0.3) is 0 Å². The van der Waals surface area contributed by atoms with Crippen molar-refractivity contribution in [2.24, 2.45) is 4.99 Å². The fourth-order valence-corrected chi connectivity index (χ4v) is 1.88. The highest BCUT2D eigenvalue weighted by Gasteiger charge is 2.38. The molecule has 1 aliphatic carbocycles. The molecule has 1 fully saturated rings. The highest BCUT2D eigenvalue weighted by molar-refractivity contribution is 5.84. The largest absolute Gasteiger partial charge is 0.288 e. The van der Waals surface area contributed by atoms with Gasteiger partial charge in [0, 0.05) is 5.71 Å². The van der Waals surface area contributed by atoms with Gasteiger partial charge in [0.15, 0.2) is 0 Å². The van der Waals surface area contributed by atoms with Crippen molar-refractivity contribution in [2.75, 3.05) is 0 Å². The summed E-state index contributed by atoms with van der Waals surface area (Å²) < 4.78 is 0. The van der Waals surface area contributed by atoms with Gasteiger partial charge in [-0.3, -0.25) is 4.99 Å². The quantitative estimate of drug-likeness (QED) is 0.468. The molecule has 9 heavy (non-hydrogen) atoms. The van der Waals surface area contributed by atoms with Crippen molar-refractivity contribution in [2.45, 2.75) is 44.6 Å². The molecule has 0 atom stereocenters. The van der Waals surface area contributed by atoms with Crippen LogP contribution in [0.3, 0.4) is 0 Å². The van der Waals surface area contributed by atoms with Gasteiger partial charge < -0.3 is 0 Å². The second-order valence-corrected chi connectivity index (χ2v) is 3.42. The molecule has 0 saturated heterocycles. The Kier molecular flexibility index (Phi) is 0.961. The van der Waals surface area contributed by atoms with Crippen molar-refractivity contribution in [3.63, 3.8) is 0 Å². The number of aliphatic imine (C=N–C) groups is 1. The van der Waals surface area contributed by atoms with Crippen LogP contribution < -0.4 is 0 Å². The van der Waals surface area contributed by atoms with E-state index in [0.717, 1.165) is 0 Å². The molecule has 0 amide bonds. The van der Waals surface area contributed by atoms with Crippen molar-refractivity contribution in [3.05, 3.63) is 0 Å². The first kappa shape index (κ1) is 5.45. The zero-order chi connectivity index (χ0) is 6.32. The van der Waals surface area contributed by atoms with E-state index in [-0.39, 0.29) is 0 Å². The molecule has 0 bridgehead atoms. The topological polar surface area (TPSA) is 12.4 Å². The first-order chi connectivity index (χ1) is 4.31. The van der Waals surface area contributed by atoms with E-state index in [9.17, 15) is 0 Å². The molecule has 2 rings (SSSR count). The molecule has 50 valence electrons. The third-order valence-corrected chi connectivity index (χ3v) is 2.66. The maximum Gasteiger partial charge on any atom is 0.0611 e. The minimum absolute atomic E-state index is 0.476. The first-order valence-electron chi connectivity index (χ1n) is 3.86. The number of hydrogen-bond acceptors (Lipinski definition) is 1. The van der Waals surface area contributed by atoms with E-state index in [1.54, 1.807) is 0 Å². The Morgan fingerprint density at radius 2 is 2.11 bits per heavy atom. The van der Waals surface area contributed by atoms with Crippen molar-refractivity contribution < 1.29 is 0 Å². The summed E-state index contributed by atoms with van der Waals surface area (Å²) in [6, 6.07) is 0. The molecule has 2 aliphatic rings. The van der Waals surface area contributed by atoms with Gasteiger partial charge in [0.1, 0.15) is 0 Å². The molecule has 0 N–H and O–H groups in total. The molecule has 1 spiro atoms. The summed E-state index contributed by atoms with van der Waals surface area (Å²) in [6.07, 6.45) is 6.75. The maximum absolute atomic E-state index is 4.64. The predicted molar refractivity (Wildman–Crippen MR) is 38.9 cm³/mol. The highest BCUT2D eigenvalue weighted by atomic mass is 14.9. The lowest BCUT2D eigenvalue weighted by molar-refractivity contribution is 0.252. The normalized spacial score (nSPS) is 30.1. The average Bonchev–Trinajstić information content (AvgIpc) is 2.09. The Hall–Kier alpha value is -0.330. The lowest BCUT2D eigenvalue weighted by Crippen LogP contribution is -2.31. The van der Waals surface area contributed by atoms with Gasteiger partial charge in [-0.1, -0.05) is 0 Å². The standard InChI is InChI=1S/C8H13N/c1-7-3-6-8(9-7)4-2-5-8/h2-6H2,1H3. The van der Waals surface area contributed by atoms with Crippen molar-refractivity contribution >= 4 is 5.71 Å². The highest BCUT2D eigenvalue weighted by Crippen LogP contribution is 2.43. The van der Waals surface area contributed by atoms with Gasteiger partial charge in [-0.05, 0) is 39.0 Å². The van der Waals surface area contributed by atoms with Gasteiger partial charge in [0.05, 0.1) is 5.54 Å². The second kappa shape index (κ2) is 1.59. The van der Waals surface area contributed by atoms with Crippen LogP contribution >= 0.6 is 0 Å². The Labute approximate surface area is 56.2 Å². The summed E-state index contributed by atoms with van der Waals surface area (Å²) in [5.41, 5.74) is 1.86. The van der Waals surface area contributed by atoms with E-state index in [1.807, 2.05) is 0 Å². The van der Waals surface area contributed by atoms with Crippen LogP contribution in [0.25, 0.3) is 0 Å². The van der Waals surface area contributed by atoms with E-state index >= 15 is 0 Å². The predicted octanol–water partition coefficient (Wildman–Crippen LogP) is 2.16. The van der Waals surface area contributed by atoms with Crippen LogP contribution in [0, 0.1) is 0 Å². The van der Waals surface area contributed by atoms with Gasteiger partial charge in [-0.15, -0.1) is 0 Å². The molecule has 1 heteroatoms. The third-order valence-electron chi connectivity index (χ3n) is 2.66. The summed E-state index contributed by atoms with van der Waals surface area (Å²) in [5.74, 6) is 0. The molecular formula is C8H13N. The lowest BCUT2D eigenvalue weighted by atomic mass is 9.76. The summed E-state index contributed by atoms with van der Waals surface area (Å²) in [6.45, 7) is 2.16. The molecule has 1 nitrogen and oxygen atoms in total. The SMILES string of the molecule is CC1=NC2(CCC2)CC1. The molecular weight excluding hydrogens is 110 g/mol. The van der Waals surface area contributed by atoms with Gasteiger partial charge in [-0.2, -0.15) is 0 Å². The van der Waals surface area contributed by atoms with Crippen LogP contribution in [-0.4, -0.2) is 11.3 Å². The maximum atomic E-state index is 4.64.